The lowest BCUT2D eigenvalue weighted by Gasteiger charge is -2.23. The van der Waals surface area contributed by atoms with Crippen LogP contribution in [0, 0.1) is 12.3 Å². The third-order valence-electron chi connectivity index (χ3n) is 3.98. The summed E-state index contributed by atoms with van der Waals surface area (Å²) in [4.78, 5) is 12.4. The average Bonchev–Trinajstić information content (AvgIpc) is 2.78. The monoisotopic (exact) mass is 315 g/mol. The molecule has 0 radical (unpaired) electrons. The molecule has 1 aliphatic rings. The van der Waals surface area contributed by atoms with Gasteiger partial charge >= 0.3 is 0 Å². The van der Waals surface area contributed by atoms with Crippen molar-refractivity contribution in [3.05, 3.63) is 23.8 Å². The van der Waals surface area contributed by atoms with E-state index in [1.807, 2.05) is 6.92 Å². The lowest BCUT2D eigenvalue weighted by atomic mass is 9.87. The van der Waals surface area contributed by atoms with E-state index < -0.39 is 9.05 Å². The summed E-state index contributed by atoms with van der Waals surface area (Å²) in [6, 6.07) is 4.46. The van der Waals surface area contributed by atoms with Gasteiger partial charge in [-0.2, -0.15) is 0 Å². The van der Waals surface area contributed by atoms with E-state index in [1.165, 1.54) is 12.1 Å². The molecule has 1 aliphatic carbocycles. The normalized spacial score (nSPS) is 17.9. The molecule has 0 unspecified atom stereocenters. The molecule has 1 amide bonds. The lowest BCUT2D eigenvalue weighted by Crippen LogP contribution is -2.31. The molecular formula is C14H18ClNO3S. The standard InChI is InChI=1S/C14H18ClNO3S/c1-10-9-11(20(15,18)19)5-6-12(10)16-13(17)14(2)7-3-4-8-14/h5-6,9H,3-4,7-8H2,1-2H3,(H,16,17). The first-order valence-electron chi connectivity index (χ1n) is 6.59. The van der Waals surface area contributed by atoms with Gasteiger partial charge < -0.3 is 5.32 Å². The summed E-state index contributed by atoms with van der Waals surface area (Å²) >= 11 is 0. The SMILES string of the molecule is Cc1cc(S(=O)(=O)Cl)ccc1NC(=O)C1(C)CCCC1. The van der Waals surface area contributed by atoms with Gasteiger partial charge in [0, 0.05) is 21.8 Å². The molecule has 0 aliphatic heterocycles. The van der Waals surface area contributed by atoms with Crippen molar-refractivity contribution in [2.24, 2.45) is 5.41 Å². The van der Waals surface area contributed by atoms with Gasteiger partial charge in [0.1, 0.15) is 0 Å². The predicted molar refractivity (Wildman–Crippen MR) is 79.4 cm³/mol. The quantitative estimate of drug-likeness (QED) is 0.869. The number of benzene rings is 1. The molecule has 1 N–H and O–H groups in total. The van der Waals surface area contributed by atoms with E-state index in [0.29, 0.717) is 11.3 Å². The number of nitrogens with one attached hydrogen (secondary N) is 1. The third kappa shape index (κ3) is 3.15. The van der Waals surface area contributed by atoms with Crippen molar-refractivity contribution in [3.8, 4) is 0 Å². The fraction of sp³-hybridized carbons (Fsp3) is 0.500. The van der Waals surface area contributed by atoms with Crippen LogP contribution in [0.1, 0.15) is 38.2 Å². The molecule has 0 saturated heterocycles. The van der Waals surface area contributed by atoms with Crippen molar-refractivity contribution in [2.75, 3.05) is 5.32 Å². The first-order valence-corrected chi connectivity index (χ1v) is 8.90. The van der Waals surface area contributed by atoms with Gasteiger partial charge in [-0.1, -0.05) is 19.8 Å². The Morgan fingerprint density at radius 2 is 1.90 bits per heavy atom. The summed E-state index contributed by atoms with van der Waals surface area (Å²) in [6.07, 6.45) is 3.94. The minimum atomic E-state index is -3.74. The third-order valence-corrected chi connectivity index (χ3v) is 5.33. The minimum Gasteiger partial charge on any atom is -0.325 e. The molecule has 110 valence electrons. The van der Waals surface area contributed by atoms with Crippen molar-refractivity contribution >= 4 is 31.3 Å². The van der Waals surface area contributed by atoms with E-state index in [9.17, 15) is 13.2 Å². The van der Waals surface area contributed by atoms with Gasteiger partial charge in [-0.25, -0.2) is 8.42 Å². The highest BCUT2D eigenvalue weighted by Crippen LogP contribution is 2.38. The highest BCUT2D eigenvalue weighted by atomic mass is 35.7. The summed E-state index contributed by atoms with van der Waals surface area (Å²) in [5.41, 5.74) is 0.998. The Labute approximate surface area is 123 Å². The summed E-state index contributed by atoms with van der Waals surface area (Å²) in [5.74, 6) is -0.000388. The maximum atomic E-state index is 12.3. The van der Waals surface area contributed by atoms with Crippen LogP contribution >= 0.6 is 10.7 Å². The van der Waals surface area contributed by atoms with Crippen LogP contribution in [0.25, 0.3) is 0 Å². The Hall–Kier alpha value is -1.07. The molecule has 1 aromatic rings. The van der Waals surface area contributed by atoms with Crippen LogP contribution in [0.3, 0.4) is 0 Å². The number of carbonyl (C=O) groups excluding carboxylic acids is 1. The molecule has 0 heterocycles. The molecular weight excluding hydrogens is 298 g/mol. The first-order chi connectivity index (χ1) is 9.22. The number of amides is 1. The number of carbonyl (C=O) groups is 1. The van der Waals surface area contributed by atoms with Gasteiger partial charge in [-0.15, -0.1) is 0 Å². The lowest BCUT2D eigenvalue weighted by molar-refractivity contribution is -0.124. The molecule has 0 bridgehead atoms. The van der Waals surface area contributed by atoms with Crippen LogP contribution in [0.2, 0.25) is 0 Å². The molecule has 1 aromatic carbocycles. The first kappa shape index (κ1) is 15.3. The van der Waals surface area contributed by atoms with E-state index >= 15 is 0 Å². The van der Waals surface area contributed by atoms with Crippen LogP contribution < -0.4 is 5.32 Å². The second-order valence-electron chi connectivity index (χ2n) is 5.64. The average molecular weight is 316 g/mol. The zero-order valence-electron chi connectivity index (χ0n) is 11.6. The molecule has 0 aromatic heterocycles. The Kier molecular flexibility index (Phi) is 4.12. The summed E-state index contributed by atoms with van der Waals surface area (Å²) in [5, 5.41) is 2.89. The van der Waals surface area contributed by atoms with Gasteiger partial charge in [0.05, 0.1) is 4.90 Å². The van der Waals surface area contributed by atoms with Crippen LogP contribution in [0.5, 0.6) is 0 Å². The molecule has 1 fully saturated rings. The Morgan fingerprint density at radius 3 is 2.40 bits per heavy atom. The Balaban J connectivity index is 2.20. The maximum absolute atomic E-state index is 12.3. The predicted octanol–water partition coefficient (Wildman–Crippen LogP) is 3.44. The molecule has 1 saturated carbocycles. The highest BCUT2D eigenvalue weighted by molar-refractivity contribution is 8.13. The van der Waals surface area contributed by atoms with Gasteiger partial charge in [0.2, 0.25) is 5.91 Å². The smallest absolute Gasteiger partial charge is 0.261 e. The van der Waals surface area contributed by atoms with E-state index in [2.05, 4.69) is 5.32 Å². The Bertz CT molecular complexity index is 634. The van der Waals surface area contributed by atoms with E-state index in [-0.39, 0.29) is 16.2 Å². The second-order valence-corrected chi connectivity index (χ2v) is 8.20. The van der Waals surface area contributed by atoms with Gasteiger partial charge in [-0.05, 0) is 43.5 Å². The van der Waals surface area contributed by atoms with Crippen molar-refractivity contribution in [3.63, 3.8) is 0 Å². The maximum Gasteiger partial charge on any atom is 0.261 e. The van der Waals surface area contributed by atoms with Crippen molar-refractivity contribution in [1.29, 1.82) is 0 Å². The van der Waals surface area contributed by atoms with Crippen molar-refractivity contribution < 1.29 is 13.2 Å². The topological polar surface area (TPSA) is 63.2 Å². The van der Waals surface area contributed by atoms with Crippen LogP contribution in [0.15, 0.2) is 23.1 Å². The fourth-order valence-electron chi connectivity index (χ4n) is 2.58. The van der Waals surface area contributed by atoms with Crippen LogP contribution in [-0.2, 0) is 13.8 Å². The Morgan fingerprint density at radius 1 is 1.30 bits per heavy atom. The highest BCUT2D eigenvalue weighted by Gasteiger charge is 2.36. The van der Waals surface area contributed by atoms with E-state index in [1.54, 1.807) is 13.0 Å². The van der Waals surface area contributed by atoms with Gasteiger partial charge in [0.25, 0.3) is 9.05 Å². The van der Waals surface area contributed by atoms with Gasteiger partial charge in [-0.3, -0.25) is 4.79 Å². The zero-order valence-corrected chi connectivity index (χ0v) is 13.1. The number of hydrogen-bond acceptors (Lipinski definition) is 3. The molecule has 2 rings (SSSR count). The molecule has 20 heavy (non-hydrogen) atoms. The molecule has 0 atom stereocenters. The summed E-state index contributed by atoms with van der Waals surface area (Å²) < 4.78 is 22.5. The van der Waals surface area contributed by atoms with E-state index in [4.69, 9.17) is 10.7 Å². The zero-order chi connectivity index (χ0) is 15.0. The summed E-state index contributed by atoms with van der Waals surface area (Å²) in [6.45, 7) is 3.72. The molecule has 6 heteroatoms. The molecule has 0 spiro atoms. The van der Waals surface area contributed by atoms with Crippen molar-refractivity contribution in [1.82, 2.24) is 0 Å². The van der Waals surface area contributed by atoms with E-state index in [0.717, 1.165) is 25.7 Å². The minimum absolute atomic E-state index is 0.000388. The summed E-state index contributed by atoms with van der Waals surface area (Å²) in [7, 11) is 1.56. The molecule has 4 nitrogen and oxygen atoms in total. The number of halogens is 1. The van der Waals surface area contributed by atoms with Gasteiger partial charge in [0.15, 0.2) is 0 Å². The van der Waals surface area contributed by atoms with Crippen LogP contribution in [-0.4, -0.2) is 14.3 Å². The second kappa shape index (κ2) is 5.37. The van der Waals surface area contributed by atoms with Crippen LogP contribution in [0.4, 0.5) is 5.69 Å². The number of rotatable bonds is 3. The fourth-order valence-corrected chi connectivity index (χ4v) is 3.42. The number of aryl methyl sites for hydroxylation is 1. The number of anilines is 1. The largest absolute Gasteiger partial charge is 0.325 e. The number of hydrogen-bond donors (Lipinski definition) is 1. The van der Waals surface area contributed by atoms with Crippen molar-refractivity contribution in [2.45, 2.75) is 44.4 Å².